The molecule has 0 unspecified atom stereocenters. The van der Waals surface area contributed by atoms with Crippen LogP contribution in [0.4, 0.5) is 0 Å². The molecule has 0 fully saturated rings. The summed E-state index contributed by atoms with van der Waals surface area (Å²) in [6.07, 6.45) is 4.63. The van der Waals surface area contributed by atoms with E-state index >= 15 is 0 Å². The third-order valence-corrected chi connectivity index (χ3v) is 1.73. The van der Waals surface area contributed by atoms with Crippen LogP contribution in [0.1, 0.15) is 26.7 Å². The molecule has 0 bridgehead atoms. The molecule has 0 aromatic carbocycles. The van der Waals surface area contributed by atoms with Crippen LogP contribution in [0.2, 0.25) is 0 Å². The molecule has 0 atom stereocenters. The van der Waals surface area contributed by atoms with Crippen molar-refractivity contribution in [2.75, 3.05) is 13.2 Å². The fourth-order valence-electron chi connectivity index (χ4n) is 1.28. The van der Waals surface area contributed by atoms with Gasteiger partial charge in [0.25, 0.3) is 0 Å². The molecule has 0 amide bonds. The van der Waals surface area contributed by atoms with Gasteiger partial charge in [-0.3, -0.25) is 0 Å². The fraction of sp³-hybridized carbons (Fsp3) is 0.778. The first-order valence-electron chi connectivity index (χ1n) is 4.04. The van der Waals surface area contributed by atoms with E-state index in [0.717, 1.165) is 25.6 Å². The van der Waals surface area contributed by atoms with Crippen molar-refractivity contribution in [3.8, 4) is 0 Å². The molecule has 0 saturated heterocycles. The SMILES string of the molecule is CC(C)CC1=CCOCC1. The topological polar surface area (TPSA) is 9.23 Å². The Labute approximate surface area is 63.1 Å². The summed E-state index contributed by atoms with van der Waals surface area (Å²) in [7, 11) is 0. The van der Waals surface area contributed by atoms with E-state index in [4.69, 9.17) is 4.74 Å². The average molecular weight is 140 g/mol. The molecular weight excluding hydrogens is 124 g/mol. The minimum Gasteiger partial charge on any atom is -0.377 e. The molecule has 0 aliphatic carbocycles. The van der Waals surface area contributed by atoms with Crippen LogP contribution in [0.3, 0.4) is 0 Å². The molecule has 10 heavy (non-hydrogen) atoms. The largest absolute Gasteiger partial charge is 0.377 e. The van der Waals surface area contributed by atoms with Crippen molar-refractivity contribution in [2.24, 2.45) is 5.92 Å². The van der Waals surface area contributed by atoms with Gasteiger partial charge < -0.3 is 4.74 Å². The Hall–Kier alpha value is -0.300. The van der Waals surface area contributed by atoms with E-state index in [1.807, 2.05) is 0 Å². The maximum atomic E-state index is 5.20. The molecule has 1 heteroatoms. The van der Waals surface area contributed by atoms with Crippen molar-refractivity contribution in [1.29, 1.82) is 0 Å². The van der Waals surface area contributed by atoms with E-state index in [9.17, 15) is 0 Å². The van der Waals surface area contributed by atoms with Gasteiger partial charge in [0.15, 0.2) is 0 Å². The lowest BCUT2D eigenvalue weighted by atomic mass is 10.00. The number of hydrogen-bond donors (Lipinski definition) is 0. The summed E-state index contributed by atoms with van der Waals surface area (Å²) in [5.41, 5.74) is 1.58. The molecule has 0 aromatic rings. The van der Waals surface area contributed by atoms with Crippen LogP contribution < -0.4 is 0 Å². The molecule has 0 aromatic heterocycles. The summed E-state index contributed by atoms with van der Waals surface area (Å²) >= 11 is 0. The molecule has 1 rings (SSSR count). The van der Waals surface area contributed by atoms with Crippen LogP contribution in [0, 0.1) is 5.92 Å². The van der Waals surface area contributed by atoms with Gasteiger partial charge in [0.05, 0.1) is 13.2 Å². The van der Waals surface area contributed by atoms with E-state index in [1.54, 1.807) is 5.57 Å². The standard InChI is InChI=1S/C9H16O/c1-8(2)7-9-3-5-10-6-4-9/h3,8H,4-7H2,1-2H3. The second-order valence-corrected chi connectivity index (χ2v) is 3.29. The molecule has 1 aliphatic heterocycles. The highest BCUT2D eigenvalue weighted by Gasteiger charge is 2.04. The summed E-state index contributed by atoms with van der Waals surface area (Å²) in [6.45, 7) is 6.28. The predicted molar refractivity (Wildman–Crippen MR) is 43.0 cm³/mol. The predicted octanol–water partition coefficient (Wildman–Crippen LogP) is 2.38. The lowest BCUT2D eigenvalue weighted by molar-refractivity contribution is 0.152. The quantitative estimate of drug-likeness (QED) is 0.535. The highest BCUT2D eigenvalue weighted by Crippen LogP contribution is 2.16. The molecule has 58 valence electrons. The molecule has 1 aliphatic rings. The first-order valence-corrected chi connectivity index (χ1v) is 4.04. The van der Waals surface area contributed by atoms with Gasteiger partial charge in [-0.1, -0.05) is 25.5 Å². The lowest BCUT2D eigenvalue weighted by Crippen LogP contribution is -2.05. The molecular formula is C9H16O. The van der Waals surface area contributed by atoms with Crippen molar-refractivity contribution in [2.45, 2.75) is 26.7 Å². The van der Waals surface area contributed by atoms with Gasteiger partial charge >= 0.3 is 0 Å². The van der Waals surface area contributed by atoms with Crippen molar-refractivity contribution in [1.82, 2.24) is 0 Å². The normalized spacial score (nSPS) is 19.3. The van der Waals surface area contributed by atoms with Crippen molar-refractivity contribution >= 4 is 0 Å². The summed E-state index contributed by atoms with van der Waals surface area (Å²) in [4.78, 5) is 0. The number of rotatable bonds is 2. The first kappa shape index (κ1) is 7.80. The van der Waals surface area contributed by atoms with E-state index in [1.165, 1.54) is 6.42 Å². The van der Waals surface area contributed by atoms with Gasteiger partial charge in [0.2, 0.25) is 0 Å². The van der Waals surface area contributed by atoms with Gasteiger partial charge in [-0.05, 0) is 18.8 Å². The summed E-state index contributed by atoms with van der Waals surface area (Å²) in [5, 5.41) is 0. The monoisotopic (exact) mass is 140 g/mol. The van der Waals surface area contributed by atoms with Crippen LogP contribution in [-0.4, -0.2) is 13.2 Å². The van der Waals surface area contributed by atoms with Crippen molar-refractivity contribution in [3.05, 3.63) is 11.6 Å². The Morgan fingerprint density at radius 2 is 2.40 bits per heavy atom. The maximum absolute atomic E-state index is 5.20. The van der Waals surface area contributed by atoms with Gasteiger partial charge in [-0.25, -0.2) is 0 Å². The Bertz CT molecular complexity index is 125. The van der Waals surface area contributed by atoms with Crippen LogP contribution in [0.15, 0.2) is 11.6 Å². The van der Waals surface area contributed by atoms with Gasteiger partial charge in [-0.15, -0.1) is 0 Å². The second kappa shape index (κ2) is 3.77. The van der Waals surface area contributed by atoms with Gasteiger partial charge in [-0.2, -0.15) is 0 Å². The molecule has 1 heterocycles. The minimum atomic E-state index is 0.796. The van der Waals surface area contributed by atoms with Crippen molar-refractivity contribution < 1.29 is 4.74 Å². The average Bonchev–Trinajstić information content (AvgIpc) is 1.88. The van der Waals surface area contributed by atoms with Crippen LogP contribution >= 0.6 is 0 Å². The first-order chi connectivity index (χ1) is 4.79. The highest BCUT2D eigenvalue weighted by atomic mass is 16.5. The van der Waals surface area contributed by atoms with Gasteiger partial charge in [0.1, 0.15) is 0 Å². The van der Waals surface area contributed by atoms with E-state index in [2.05, 4.69) is 19.9 Å². The zero-order chi connectivity index (χ0) is 7.40. The third kappa shape index (κ3) is 2.53. The lowest BCUT2D eigenvalue weighted by Gasteiger charge is -2.14. The molecule has 1 nitrogen and oxygen atoms in total. The van der Waals surface area contributed by atoms with E-state index in [-0.39, 0.29) is 0 Å². The number of ether oxygens (including phenoxy) is 1. The smallest absolute Gasteiger partial charge is 0.0650 e. The second-order valence-electron chi connectivity index (χ2n) is 3.29. The fourth-order valence-corrected chi connectivity index (χ4v) is 1.28. The Morgan fingerprint density at radius 3 is 2.90 bits per heavy atom. The molecule has 0 saturated carbocycles. The molecule has 0 radical (unpaired) electrons. The minimum absolute atomic E-state index is 0.796. The van der Waals surface area contributed by atoms with Crippen LogP contribution in [-0.2, 0) is 4.74 Å². The zero-order valence-electron chi connectivity index (χ0n) is 6.89. The van der Waals surface area contributed by atoms with Gasteiger partial charge in [0, 0.05) is 0 Å². The summed E-state index contributed by atoms with van der Waals surface area (Å²) < 4.78 is 5.20. The number of hydrogen-bond acceptors (Lipinski definition) is 1. The maximum Gasteiger partial charge on any atom is 0.0650 e. The van der Waals surface area contributed by atoms with E-state index < -0.39 is 0 Å². The third-order valence-electron chi connectivity index (χ3n) is 1.73. The van der Waals surface area contributed by atoms with Crippen LogP contribution in [0.5, 0.6) is 0 Å². The zero-order valence-corrected chi connectivity index (χ0v) is 6.89. The molecule has 0 spiro atoms. The Kier molecular flexibility index (Phi) is 2.94. The summed E-state index contributed by atoms with van der Waals surface area (Å²) in [6, 6.07) is 0. The molecule has 0 N–H and O–H groups in total. The highest BCUT2D eigenvalue weighted by molar-refractivity contribution is 5.04. The van der Waals surface area contributed by atoms with Crippen molar-refractivity contribution in [3.63, 3.8) is 0 Å². The Morgan fingerprint density at radius 1 is 1.60 bits per heavy atom. The Balaban J connectivity index is 2.31. The summed E-state index contributed by atoms with van der Waals surface area (Å²) in [5.74, 6) is 0.796. The van der Waals surface area contributed by atoms with E-state index in [0.29, 0.717) is 0 Å². The van der Waals surface area contributed by atoms with Crippen LogP contribution in [0.25, 0.3) is 0 Å².